The average Bonchev–Trinajstić information content (AvgIpc) is 3.05. The summed E-state index contributed by atoms with van der Waals surface area (Å²) in [6.07, 6.45) is 30.9. The molecule has 0 fully saturated rings. The first-order chi connectivity index (χ1) is 23.3. The molecule has 48 heavy (non-hydrogen) atoms. The largest absolute Gasteiger partial charge is 0.462 e. The molecule has 3 unspecified atom stereocenters. The zero-order chi connectivity index (χ0) is 35.7. The van der Waals surface area contributed by atoms with Crippen LogP contribution in [0.1, 0.15) is 168 Å². The summed E-state index contributed by atoms with van der Waals surface area (Å²) in [5.41, 5.74) is 0. The molecule has 0 bridgehead atoms. The average molecular weight is 675 g/mol. The van der Waals surface area contributed by atoms with Crippen LogP contribution in [0.3, 0.4) is 0 Å². The van der Waals surface area contributed by atoms with Crippen LogP contribution in [0, 0.1) is 0 Å². The van der Waals surface area contributed by atoms with Gasteiger partial charge in [-0.15, -0.1) is 6.58 Å². The van der Waals surface area contributed by atoms with Crippen LogP contribution in [-0.4, -0.2) is 61.6 Å². The quantitative estimate of drug-likeness (QED) is 0.0424. The number of ether oxygens (including phenoxy) is 2. The van der Waals surface area contributed by atoms with E-state index in [1.807, 2.05) is 25.1 Å². The number of amides is 1. The lowest BCUT2D eigenvalue weighted by molar-refractivity contribution is -0.155. The van der Waals surface area contributed by atoms with Gasteiger partial charge < -0.3 is 19.7 Å². The van der Waals surface area contributed by atoms with Gasteiger partial charge in [0.2, 0.25) is 5.91 Å². The zero-order valence-electron chi connectivity index (χ0n) is 31.8. The third-order valence-corrected chi connectivity index (χ3v) is 8.49. The Morgan fingerprint density at radius 1 is 0.625 bits per heavy atom. The SMILES string of the molecule is C=CCCCC(CCCC)OC(=O)CCC(NC(=O)CCCN(C)C)C(=O)OC(CCC/C=C\CCCC)CCC/C=C\CCCCC. The highest BCUT2D eigenvalue weighted by atomic mass is 16.5. The van der Waals surface area contributed by atoms with Crippen molar-refractivity contribution in [3.05, 3.63) is 37.0 Å². The minimum Gasteiger partial charge on any atom is -0.462 e. The molecule has 0 aliphatic rings. The van der Waals surface area contributed by atoms with Gasteiger partial charge in [-0.05, 0) is 117 Å². The van der Waals surface area contributed by atoms with E-state index in [4.69, 9.17) is 9.47 Å². The molecule has 3 atom stereocenters. The Labute approximate surface area is 295 Å². The highest BCUT2D eigenvalue weighted by Gasteiger charge is 2.27. The Morgan fingerprint density at radius 2 is 1.15 bits per heavy atom. The standard InChI is InChI=1S/C41H74N2O5/c1-7-11-15-17-19-21-23-26-31-37(30-25-22-20-18-16-12-8-2)48-41(46)38(42-39(44)32-27-35-43(5)6)33-34-40(45)47-36(28-14-10-4)29-24-13-9-3/h9,18-21,36-38H,3,7-8,10-17,22-35H2,1-2,4-6H3,(H,42,44)/b20-18-,21-19-. The van der Waals surface area contributed by atoms with E-state index in [-0.39, 0.29) is 36.9 Å². The summed E-state index contributed by atoms with van der Waals surface area (Å²) in [4.78, 5) is 41.5. The van der Waals surface area contributed by atoms with Crippen molar-refractivity contribution in [3.63, 3.8) is 0 Å². The van der Waals surface area contributed by atoms with Gasteiger partial charge in [-0.2, -0.15) is 0 Å². The zero-order valence-corrected chi connectivity index (χ0v) is 31.8. The van der Waals surface area contributed by atoms with Gasteiger partial charge in [-0.25, -0.2) is 4.79 Å². The topological polar surface area (TPSA) is 84.9 Å². The number of hydrogen-bond acceptors (Lipinski definition) is 6. The number of hydrogen-bond donors (Lipinski definition) is 1. The van der Waals surface area contributed by atoms with Crippen LogP contribution in [0.4, 0.5) is 0 Å². The van der Waals surface area contributed by atoms with Crippen molar-refractivity contribution in [2.24, 2.45) is 0 Å². The van der Waals surface area contributed by atoms with Crippen LogP contribution in [0.25, 0.3) is 0 Å². The third kappa shape index (κ3) is 28.6. The monoisotopic (exact) mass is 675 g/mol. The highest BCUT2D eigenvalue weighted by molar-refractivity contribution is 5.85. The molecule has 0 aliphatic carbocycles. The molecular weight excluding hydrogens is 600 g/mol. The van der Waals surface area contributed by atoms with Crippen molar-refractivity contribution in [1.29, 1.82) is 0 Å². The van der Waals surface area contributed by atoms with Gasteiger partial charge >= 0.3 is 11.9 Å². The summed E-state index contributed by atoms with van der Waals surface area (Å²) in [6.45, 7) is 11.1. The Kier molecular flexibility index (Phi) is 31.4. The fraction of sp³-hybridized carbons (Fsp3) is 0.780. The molecule has 0 heterocycles. The van der Waals surface area contributed by atoms with E-state index in [0.29, 0.717) is 12.8 Å². The molecule has 7 nitrogen and oxygen atoms in total. The van der Waals surface area contributed by atoms with E-state index in [9.17, 15) is 14.4 Å². The van der Waals surface area contributed by atoms with Crippen molar-refractivity contribution in [2.75, 3.05) is 20.6 Å². The van der Waals surface area contributed by atoms with Crippen LogP contribution < -0.4 is 5.32 Å². The van der Waals surface area contributed by atoms with Gasteiger partial charge in [0.25, 0.3) is 0 Å². The molecule has 7 heteroatoms. The Morgan fingerprint density at radius 3 is 1.71 bits per heavy atom. The number of carbonyl (C=O) groups excluding carboxylic acids is 3. The van der Waals surface area contributed by atoms with E-state index in [0.717, 1.165) is 96.4 Å². The van der Waals surface area contributed by atoms with Crippen molar-refractivity contribution in [2.45, 2.75) is 187 Å². The van der Waals surface area contributed by atoms with E-state index < -0.39 is 12.0 Å². The molecule has 1 amide bonds. The van der Waals surface area contributed by atoms with E-state index in [2.05, 4.69) is 57.0 Å². The van der Waals surface area contributed by atoms with E-state index in [1.54, 1.807) is 0 Å². The molecule has 0 radical (unpaired) electrons. The van der Waals surface area contributed by atoms with Crippen LogP contribution >= 0.6 is 0 Å². The fourth-order valence-electron chi connectivity index (χ4n) is 5.50. The van der Waals surface area contributed by atoms with Crippen molar-refractivity contribution in [1.82, 2.24) is 10.2 Å². The van der Waals surface area contributed by atoms with Crippen LogP contribution in [0.15, 0.2) is 37.0 Å². The summed E-state index contributed by atoms with van der Waals surface area (Å²) in [6, 6.07) is -0.880. The van der Waals surface area contributed by atoms with Crippen LogP contribution in [0.5, 0.6) is 0 Å². The number of nitrogens with zero attached hydrogens (tertiary/aromatic N) is 1. The second-order valence-electron chi connectivity index (χ2n) is 13.5. The fourth-order valence-corrected chi connectivity index (χ4v) is 5.50. The number of carbonyl (C=O) groups is 3. The number of rotatable bonds is 33. The number of allylic oxidation sites excluding steroid dienone is 5. The maximum absolute atomic E-state index is 13.6. The first-order valence-corrected chi connectivity index (χ1v) is 19.5. The summed E-state index contributed by atoms with van der Waals surface area (Å²) in [5.74, 6) is -0.971. The van der Waals surface area contributed by atoms with Gasteiger partial charge in [-0.1, -0.05) is 89.7 Å². The molecule has 0 rings (SSSR count). The van der Waals surface area contributed by atoms with E-state index >= 15 is 0 Å². The minimum atomic E-state index is -0.880. The lowest BCUT2D eigenvalue weighted by atomic mass is 10.0. The predicted octanol–water partition coefficient (Wildman–Crippen LogP) is 10.2. The van der Waals surface area contributed by atoms with Gasteiger partial charge in [0.15, 0.2) is 0 Å². The number of unbranched alkanes of at least 4 members (excludes halogenated alkanes) is 9. The molecule has 1 N–H and O–H groups in total. The Bertz CT molecular complexity index is 869. The Hall–Kier alpha value is -2.41. The van der Waals surface area contributed by atoms with Crippen molar-refractivity contribution in [3.8, 4) is 0 Å². The second-order valence-corrected chi connectivity index (χ2v) is 13.5. The molecule has 0 aromatic heterocycles. The molecule has 0 aliphatic heterocycles. The Balaban J connectivity index is 5.47. The lowest BCUT2D eigenvalue weighted by Crippen LogP contribution is -2.43. The third-order valence-electron chi connectivity index (χ3n) is 8.49. The molecule has 0 aromatic rings. The second kappa shape index (κ2) is 33.1. The van der Waals surface area contributed by atoms with Crippen LogP contribution in [-0.2, 0) is 23.9 Å². The first-order valence-electron chi connectivity index (χ1n) is 19.5. The molecule has 0 saturated carbocycles. The lowest BCUT2D eigenvalue weighted by Gasteiger charge is -2.23. The van der Waals surface area contributed by atoms with Crippen LogP contribution in [0.2, 0.25) is 0 Å². The predicted molar refractivity (Wildman–Crippen MR) is 202 cm³/mol. The maximum atomic E-state index is 13.6. The van der Waals surface area contributed by atoms with Gasteiger partial charge in [0.05, 0.1) is 0 Å². The molecule has 0 saturated heterocycles. The smallest absolute Gasteiger partial charge is 0.328 e. The summed E-state index contributed by atoms with van der Waals surface area (Å²) < 4.78 is 12.0. The number of esters is 2. The van der Waals surface area contributed by atoms with Gasteiger partial charge in [0.1, 0.15) is 18.2 Å². The van der Waals surface area contributed by atoms with Gasteiger partial charge in [0, 0.05) is 12.8 Å². The normalized spacial score (nSPS) is 13.5. The first kappa shape index (κ1) is 45.6. The minimum absolute atomic E-state index is 0.0534. The number of nitrogens with one attached hydrogen (secondary N) is 1. The molecule has 0 aromatic carbocycles. The van der Waals surface area contributed by atoms with Crippen molar-refractivity contribution < 1.29 is 23.9 Å². The summed E-state index contributed by atoms with van der Waals surface area (Å²) in [7, 11) is 3.94. The van der Waals surface area contributed by atoms with E-state index in [1.165, 1.54) is 32.1 Å². The van der Waals surface area contributed by atoms with Crippen molar-refractivity contribution >= 4 is 17.8 Å². The maximum Gasteiger partial charge on any atom is 0.328 e. The summed E-state index contributed by atoms with van der Waals surface area (Å²) in [5, 5.41) is 2.90. The van der Waals surface area contributed by atoms with Gasteiger partial charge in [-0.3, -0.25) is 9.59 Å². The summed E-state index contributed by atoms with van der Waals surface area (Å²) >= 11 is 0. The molecular formula is C41H74N2O5. The highest BCUT2D eigenvalue weighted by Crippen LogP contribution is 2.18. The molecule has 278 valence electrons. The molecule has 0 spiro atoms.